The molecule has 0 heterocycles. The molecule has 2 atom stereocenters. The van der Waals surface area contributed by atoms with E-state index in [0.29, 0.717) is 5.92 Å². The molecule has 1 saturated carbocycles. The molecule has 5 N–H and O–H groups in total. The van der Waals surface area contributed by atoms with Crippen LogP contribution in [0.1, 0.15) is 51.0 Å². The number of carboxylic acid groups (broad SMARTS) is 1. The molecule has 34 heavy (non-hydrogen) atoms. The largest absolute Gasteiger partial charge is 0.490 e. The summed E-state index contributed by atoms with van der Waals surface area (Å²) < 4.78 is 31.7. The van der Waals surface area contributed by atoms with E-state index >= 15 is 0 Å². The lowest BCUT2D eigenvalue weighted by Crippen LogP contribution is -2.43. The van der Waals surface area contributed by atoms with E-state index in [9.17, 15) is 22.8 Å². The smallest absolute Gasteiger partial charge is 0.475 e. The van der Waals surface area contributed by atoms with E-state index in [-0.39, 0.29) is 17.9 Å². The van der Waals surface area contributed by atoms with Crippen LogP contribution in [0, 0.1) is 5.92 Å². The van der Waals surface area contributed by atoms with Crippen LogP contribution in [-0.4, -0.2) is 47.7 Å². The second-order valence-electron chi connectivity index (χ2n) is 8.34. The number of carbonyl (C=O) groups excluding carboxylic acids is 2. The number of aliphatic carboxylic acids is 1. The summed E-state index contributed by atoms with van der Waals surface area (Å²) in [5.74, 6) is -2.46. The molecule has 1 aliphatic rings. The number of alkyl halides is 3. The third-order valence-electron chi connectivity index (χ3n) is 5.34. The number of amides is 2. The van der Waals surface area contributed by atoms with E-state index < -0.39 is 18.2 Å². The third kappa shape index (κ3) is 13.0. The summed E-state index contributed by atoms with van der Waals surface area (Å²) in [6.45, 7) is 2.40. The number of benzene rings is 1. The van der Waals surface area contributed by atoms with Crippen LogP contribution in [0.15, 0.2) is 42.5 Å². The van der Waals surface area contributed by atoms with Gasteiger partial charge in [0.1, 0.15) is 0 Å². The Kier molecular flexibility index (Phi) is 13.0. The molecule has 1 aromatic carbocycles. The van der Waals surface area contributed by atoms with E-state index in [4.69, 9.17) is 15.6 Å². The van der Waals surface area contributed by atoms with Crippen LogP contribution in [0.25, 0.3) is 0 Å². The maximum absolute atomic E-state index is 12.1. The van der Waals surface area contributed by atoms with Gasteiger partial charge in [0, 0.05) is 18.7 Å². The van der Waals surface area contributed by atoms with Gasteiger partial charge in [0.2, 0.25) is 11.8 Å². The van der Waals surface area contributed by atoms with E-state index in [2.05, 4.69) is 22.8 Å². The molecule has 2 rings (SSSR count). The first-order chi connectivity index (χ1) is 16.0. The Morgan fingerprint density at radius 2 is 1.74 bits per heavy atom. The first-order valence-corrected chi connectivity index (χ1v) is 11.3. The molecule has 1 aromatic rings. The van der Waals surface area contributed by atoms with Crippen LogP contribution in [0.2, 0.25) is 0 Å². The Morgan fingerprint density at radius 1 is 1.15 bits per heavy atom. The molecular weight excluding hydrogens is 451 g/mol. The van der Waals surface area contributed by atoms with Crippen molar-refractivity contribution in [3.8, 4) is 0 Å². The van der Waals surface area contributed by atoms with Gasteiger partial charge in [-0.15, -0.1) is 0 Å². The number of hydrogen-bond donors (Lipinski definition) is 4. The van der Waals surface area contributed by atoms with Gasteiger partial charge in [-0.2, -0.15) is 13.2 Å². The Balaban J connectivity index is 0.000000718. The van der Waals surface area contributed by atoms with Crippen LogP contribution in [0.5, 0.6) is 0 Å². The van der Waals surface area contributed by atoms with Crippen LogP contribution in [0.4, 0.5) is 13.2 Å². The summed E-state index contributed by atoms with van der Waals surface area (Å²) in [6.07, 6.45) is 6.02. The standard InChI is InChI=1S/C22H33N3O2.C2HF3O2/c1-17(23)22(27)25-20(13-12-18-8-4-2-5-9-18)14-15-21(26)24-16-19-10-6-3-7-11-19;3-2(4,5)1(6)7/h2,4-5,8-9,14-15,17,19-20H,3,6-7,10-13,16,23H2,1H3,(H,24,26)(H,25,27);(H,6,7)/b15-14+;/t17-,20-;/m0./s1. The Labute approximate surface area is 198 Å². The summed E-state index contributed by atoms with van der Waals surface area (Å²) in [5.41, 5.74) is 6.86. The van der Waals surface area contributed by atoms with Gasteiger partial charge < -0.3 is 21.5 Å². The maximum Gasteiger partial charge on any atom is 0.490 e. The first kappa shape index (κ1) is 29.2. The summed E-state index contributed by atoms with van der Waals surface area (Å²) in [6, 6.07) is 9.31. The fourth-order valence-electron chi connectivity index (χ4n) is 3.40. The molecule has 0 bridgehead atoms. The Morgan fingerprint density at radius 3 is 2.26 bits per heavy atom. The molecule has 1 fully saturated rings. The molecule has 2 amide bonds. The van der Waals surface area contributed by atoms with E-state index in [1.54, 1.807) is 19.1 Å². The number of nitrogens with two attached hydrogens (primary N) is 1. The highest BCUT2D eigenvalue weighted by Gasteiger charge is 2.38. The lowest BCUT2D eigenvalue weighted by molar-refractivity contribution is -0.192. The molecule has 10 heteroatoms. The minimum absolute atomic E-state index is 0.0969. The lowest BCUT2D eigenvalue weighted by atomic mass is 9.89. The maximum atomic E-state index is 12.1. The summed E-state index contributed by atoms with van der Waals surface area (Å²) in [4.78, 5) is 33.0. The Bertz CT molecular complexity index is 792. The fraction of sp³-hybridized carbons (Fsp3) is 0.542. The van der Waals surface area contributed by atoms with Crippen molar-refractivity contribution in [3.05, 3.63) is 48.0 Å². The van der Waals surface area contributed by atoms with Gasteiger partial charge >= 0.3 is 12.1 Å². The highest BCUT2D eigenvalue weighted by Crippen LogP contribution is 2.22. The van der Waals surface area contributed by atoms with E-state index in [0.717, 1.165) is 19.4 Å². The first-order valence-electron chi connectivity index (χ1n) is 11.3. The van der Waals surface area contributed by atoms with E-state index in [1.807, 2.05) is 18.2 Å². The van der Waals surface area contributed by atoms with Gasteiger partial charge in [-0.05, 0) is 44.1 Å². The average molecular weight is 486 g/mol. The molecule has 190 valence electrons. The van der Waals surface area contributed by atoms with Crippen LogP contribution >= 0.6 is 0 Å². The summed E-state index contributed by atoms with van der Waals surface area (Å²) >= 11 is 0. The number of aryl methyl sites for hydroxylation is 1. The molecule has 7 nitrogen and oxygen atoms in total. The second-order valence-corrected chi connectivity index (χ2v) is 8.34. The second kappa shape index (κ2) is 15.1. The average Bonchev–Trinajstić information content (AvgIpc) is 2.80. The number of nitrogens with one attached hydrogen (secondary N) is 2. The molecule has 0 aliphatic heterocycles. The summed E-state index contributed by atoms with van der Waals surface area (Å²) in [5, 5.41) is 13.0. The zero-order valence-corrected chi connectivity index (χ0v) is 19.3. The highest BCUT2D eigenvalue weighted by atomic mass is 19.4. The number of halogens is 3. The van der Waals surface area contributed by atoms with Gasteiger partial charge in [-0.25, -0.2) is 4.79 Å². The third-order valence-corrected chi connectivity index (χ3v) is 5.34. The SMILES string of the molecule is C[C@H](N)C(=O)N[C@H](/C=C/C(=O)NCC1CCCCC1)CCc1ccccc1.O=C(O)C(F)(F)F. The van der Waals surface area contributed by atoms with E-state index in [1.165, 1.54) is 37.7 Å². The van der Waals surface area contributed by atoms with Crippen molar-refractivity contribution < 1.29 is 32.7 Å². The Hall–Kier alpha value is -2.88. The predicted molar refractivity (Wildman–Crippen MR) is 123 cm³/mol. The van der Waals surface area contributed by atoms with Gasteiger partial charge in [0.05, 0.1) is 6.04 Å². The van der Waals surface area contributed by atoms with Crippen LogP contribution in [0.3, 0.4) is 0 Å². The predicted octanol–water partition coefficient (Wildman–Crippen LogP) is 3.34. The zero-order chi connectivity index (χ0) is 25.6. The van der Waals surface area contributed by atoms with Crippen molar-refractivity contribution in [2.45, 2.75) is 70.1 Å². The number of carboxylic acids is 1. The summed E-state index contributed by atoms with van der Waals surface area (Å²) in [7, 11) is 0. The molecular formula is C24H34F3N3O4. The van der Waals surface area contributed by atoms with Gasteiger partial charge in [-0.3, -0.25) is 9.59 Å². The minimum atomic E-state index is -5.08. The van der Waals surface area contributed by atoms with Gasteiger partial charge in [-0.1, -0.05) is 55.7 Å². The molecule has 1 aliphatic carbocycles. The van der Waals surface area contributed by atoms with Crippen molar-refractivity contribution in [1.82, 2.24) is 10.6 Å². The molecule has 0 unspecified atom stereocenters. The number of hydrogen-bond acceptors (Lipinski definition) is 4. The fourth-order valence-corrected chi connectivity index (χ4v) is 3.40. The van der Waals surface area contributed by atoms with Gasteiger partial charge in [0.25, 0.3) is 0 Å². The molecule has 0 saturated heterocycles. The molecule has 0 aromatic heterocycles. The van der Waals surface area contributed by atoms with Crippen molar-refractivity contribution in [2.24, 2.45) is 11.7 Å². The lowest BCUT2D eigenvalue weighted by Gasteiger charge is -2.21. The highest BCUT2D eigenvalue weighted by molar-refractivity contribution is 5.87. The van der Waals surface area contributed by atoms with Crippen molar-refractivity contribution >= 4 is 17.8 Å². The number of carbonyl (C=O) groups is 3. The zero-order valence-electron chi connectivity index (χ0n) is 19.3. The topological polar surface area (TPSA) is 122 Å². The monoisotopic (exact) mass is 485 g/mol. The van der Waals surface area contributed by atoms with Crippen molar-refractivity contribution in [2.75, 3.05) is 6.54 Å². The normalized spacial score (nSPS) is 16.1. The number of rotatable bonds is 9. The minimum Gasteiger partial charge on any atom is -0.475 e. The van der Waals surface area contributed by atoms with Crippen LogP contribution in [-0.2, 0) is 20.8 Å². The van der Waals surface area contributed by atoms with Crippen LogP contribution < -0.4 is 16.4 Å². The van der Waals surface area contributed by atoms with Crippen molar-refractivity contribution in [1.29, 1.82) is 0 Å². The van der Waals surface area contributed by atoms with Gasteiger partial charge in [0.15, 0.2) is 0 Å². The quantitative estimate of drug-likeness (QED) is 0.400. The molecule has 0 spiro atoms. The van der Waals surface area contributed by atoms with Crippen molar-refractivity contribution in [3.63, 3.8) is 0 Å². The molecule has 0 radical (unpaired) electrons.